The molecule has 0 bridgehead atoms. The summed E-state index contributed by atoms with van der Waals surface area (Å²) in [6.45, 7) is 1.69. The van der Waals surface area contributed by atoms with Crippen molar-refractivity contribution in [3.63, 3.8) is 0 Å². The summed E-state index contributed by atoms with van der Waals surface area (Å²) >= 11 is 0. The van der Waals surface area contributed by atoms with E-state index in [-0.39, 0.29) is 0 Å². The largest absolute Gasteiger partial charge is 0.308 e. The van der Waals surface area contributed by atoms with Crippen LogP contribution >= 0.6 is 0 Å². The van der Waals surface area contributed by atoms with Crippen LogP contribution in [0.25, 0.3) is 5.70 Å². The second kappa shape index (κ2) is 3.35. The Balaban J connectivity index is 2.55. The standard InChI is InChI=1S/C12H11NO2/c1-8-10(9-6-4-3-5-7-9)13(2)12(15)11(8)14/h3-7H,1-2H3. The van der Waals surface area contributed by atoms with Gasteiger partial charge in [-0.25, -0.2) is 0 Å². The maximum atomic E-state index is 11.5. The summed E-state index contributed by atoms with van der Waals surface area (Å²) in [7, 11) is 1.62. The van der Waals surface area contributed by atoms with Crippen LogP contribution in [0.1, 0.15) is 12.5 Å². The van der Waals surface area contributed by atoms with Gasteiger partial charge in [-0.2, -0.15) is 0 Å². The molecule has 76 valence electrons. The molecular weight excluding hydrogens is 190 g/mol. The van der Waals surface area contributed by atoms with Crippen LogP contribution in [-0.4, -0.2) is 23.6 Å². The Morgan fingerprint density at radius 3 is 2.13 bits per heavy atom. The zero-order valence-electron chi connectivity index (χ0n) is 8.65. The number of Topliss-reactive ketones (excluding diaryl/α,β-unsaturated/α-hetero) is 1. The van der Waals surface area contributed by atoms with Crippen LogP contribution in [0.4, 0.5) is 0 Å². The fourth-order valence-electron chi connectivity index (χ4n) is 1.78. The summed E-state index contributed by atoms with van der Waals surface area (Å²) in [5.41, 5.74) is 2.14. The normalized spacial score (nSPS) is 16.5. The number of nitrogens with zero attached hydrogens (tertiary/aromatic N) is 1. The predicted molar refractivity (Wildman–Crippen MR) is 56.8 cm³/mol. The Morgan fingerprint density at radius 2 is 1.67 bits per heavy atom. The van der Waals surface area contributed by atoms with Gasteiger partial charge in [0.25, 0.3) is 5.91 Å². The summed E-state index contributed by atoms with van der Waals surface area (Å²) in [4.78, 5) is 24.3. The number of hydrogen-bond acceptors (Lipinski definition) is 2. The molecule has 0 atom stereocenters. The van der Waals surface area contributed by atoms with E-state index in [0.29, 0.717) is 11.3 Å². The quantitative estimate of drug-likeness (QED) is 0.645. The minimum Gasteiger partial charge on any atom is -0.308 e. The van der Waals surface area contributed by atoms with Crippen LogP contribution in [-0.2, 0) is 9.59 Å². The van der Waals surface area contributed by atoms with Gasteiger partial charge in [0.1, 0.15) is 0 Å². The van der Waals surface area contributed by atoms with E-state index in [9.17, 15) is 9.59 Å². The summed E-state index contributed by atoms with van der Waals surface area (Å²) in [5.74, 6) is -0.859. The van der Waals surface area contributed by atoms with E-state index in [4.69, 9.17) is 0 Å². The number of benzene rings is 1. The fraction of sp³-hybridized carbons (Fsp3) is 0.167. The lowest BCUT2D eigenvalue weighted by atomic mass is 10.1. The molecule has 0 spiro atoms. The van der Waals surface area contributed by atoms with Crippen LogP contribution in [0.15, 0.2) is 35.9 Å². The number of rotatable bonds is 1. The van der Waals surface area contributed by atoms with E-state index < -0.39 is 11.7 Å². The molecule has 0 saturated heterocycles. The molecule has 1 aromatic carbocycles. The SMILES string of the molecule is CC1=C(c2ccccc2)N(C)C(=O)C1=O. The molecule has 1 aliphatic rings. The van der Waals surface area contributed by atoms with E-state index in [1.54, 1.807) is 14.0 Å². The summed E-state index contributed by atoms with van der Waals surface area (Å²) in [5, 5.41) is 0. The molecule has 0 N–H and O–H groups in total. The van der Waals surface area contributed by atoms with E-state index >= 15 is 0 Å². The molecule has 3 heteroatoms. The van der Waals surface area contributed by atoms with Gasteiger partial charge in [0.05, 0.1) is 5.70 Å². The van der Waals surface area contributed by atoms with Crippen molar-refractivity contribution < 1.29 is 9.59 Å². The highest BCUT2D eigenvalue weighted by Crippen LogP contribution is 2.28. The summed E-state index contributed by atoms with van der Waals surface area (Å²) in [6, 6.07) is 9.45. The summed E-state index contributed by atoms with van der Waals surface area (Å²) < 4.78 is 0. The average molecular weight is 201 g/mol. The van der Waals surface area contributed by atoms with Gasteiger partial charge in [0, 0.05) is 12.6 Å². The number of carbonyl (C=O) groups is 2. The number of carbonyl (C=O) groups excluding carboxylic acids is 2. The van der Waals surface area contributed by atoms with Gasteiger partial charge in [0.2, 0.25) is 5.78 Å². The zero-order chi connectivity index (χ0) is 11.0. The van der Waals surface area contributed by atoms with E-state index in [2.05, 4.69) is 0 Å². The van der Waals surface area contributed by atoms with Gasteiger partial charge in [-0.05, 0) is 12.5 Å². The molecule has 0 radical (unpaired) electrons. The number of likely N-dealkylation sites (N-methyl/N-ethyl adjacent to an activating group) is 1. The van der Waals surface area contributed by atoms with E-state index in [1.807, 2.05) is 30.3 Å². The lowest BCUT2D eigenvalue weighted by Gasteiger charge is -2.13. The van der Waals surface area contributed by atoms with Crippen LogP contribution in [0, 0.1) is 0 Å². The number of amides is 1. The first kappa shape index (κ1) is 9.65. The molecule has 3 nitrogen and oxygen atoms in total. The molecule has 1 heterocycles. The molecule has 0 saturated carbocycles. The second-order valence-electron chi connectivity index (χ2n) is 3.53. The Morgan fingerprint density at radius 1 is 1.07 bits per heavy atom. The molecule has 2 rings (SSSR count). The monoisotopic (exact) mass is 201 g/mol. The predicted octanol–water partition coefficient (Wildman–Crippen LogP) is 1.46. The average Bonchev–Trinajstić information content (AvgIpc) is 2.45. The smallest absolute Gasteiger partial charge is 0.298 e. The van der Waals surface area contributed by atoms with Gasteiger partial charge in [-0.15, -0.1) is 0 Å². The minimum absolute atomic E-state index is 0.406. The molecule has 1 amide bonds. The molecule has 1 aliphatic heterocycles. The molecule has 1 aromatic rings. The molecule has 0 aliphatic carbocycles. The Kier molecular flexibility index (Phi) is 2.15. The topological polar surface area (TPSA) is 37.4 Å². The van der Waals surface area contributed by atoms with Crippen molar-refractivity contribution in [3.05, 3.63) is 41.5 Å². The first-order chi connectivity index (χ1) is 7.13. The van der Waals surface area contributed by atoms with Crippen molar-refractivity contribution in [1.29, 1.82) is 0 Å². The van der Waals surface area contributed by atoms with Crippen molar-refractivity contribution in [2.75, 3.05) is 7.05 Å². The van der Waals surface area contributed by atoms with E-state index in [1.165, 1.54) is 4.90 Å². The van der Waals surface area contributed by atoms with Crippen LogP contribution < -0.4 is 0 Å². The first-order valence-electron chi connectivity index (χ1n) is 4.71. The van der Waals surface area contributed by atoms with Crippen molar-refractivity contribution in [2.45, 2.75) is 6.92 Å². The molecule has 0 aromatic heterocycles. The highest BCUT2D eigenvalue weighted by Gasteiger charge is 2.33. The van der Waals surface area contributed by atoms with Crippen molar-refractivity contribution in [2.24, 2.45) is 0 Å². The van der Waals surface area contributed by atoms with Gasteiger partial charge in [-0.3, -0.25) is 9.59 Å². The Hall–Kier alpha value is -1.90. The third kappa shape index (κ3) is 1.36. The molecule has 15 heavy (non-hydrogen) atoms. The van der Waals surface area contributed by atoms with E-state index in [0.717, 1.165) is 5.56 Å². The number of hydrogen-bond donors (Lipinski definition) is 0. The highest BCUT2D eigenvalue weighted by molar-refractivity contribution is 6.48. The molecular formula is C12H11NO2. The summed E-state index contributed by atoms with van der Waals surface area (Å²) in [6.07, 6.45) is 0. The van der Waals surface area contributed by atoms with Crippen LogP contribution in [0.2, 0.25) is 0 Å². The lowest BCUT2D eigenvalue weighted by molar-refractivity contribution is -0.138. The second-order valence-corrected chi connectivity index (χ2v) is 3.53. The maximum Gasteiger partial charge on any atom is 0.298 e. The third-order valence-corrected chi connectivity index (χ3v) is 2.58. The maximum absolute atomic E-state index is 11.5. The third-order valence-electron chi connectivity index (χ3n) is 2.58. The lowest BCUT2D eigenvalue weighted by Crippen LogP contribution is -2.24. The van der Waals surface area contributed by atoms with Gasteiger partial charge < -0.3 is 4.90 Å². The Bertz CT molecular complexity index is 460. The molecule has 0 fully saturated rings. The molecule has 0 unspecified atom stereocenters. The minimum atomic E-state index is -0.452. The number of ketones is 1. The van der Waals surface area contributed by atoms with Crippen molar-refractivity contribution in [3.8, 4) is 0 Å². The van der Waals surface area contributed by atoms with Crippen molar-refractivity contribution in [1.82, 2.24) is 4.90 Å². The first-order valence-corrected chi connectivity index (χ1v) is 4.71. The van der Waals surface area contributed by atoms with Crippen LogP contribution in [0.3, 0.4) is 0 Å². The van der Waals surface area contributed by atoms with Gasteiger partial charge >= 0.3 is 0 Å². The zero-order valence-corrected chi connectivity index (χ0v) is 8.65. The van der Waals surface area contributed by atoms with Gasteiger partial charge in [0.15, 0.2) is 0 Å². The van der Waals surface area contributed by atoms with Crippen LogP contribution in [0.5, 0.6) is 0 Å². The van der Waals surface area contributed by atoms with Crippen molar-refractivity contribution >= 4 is 17.4 Å². The highest BCUT2D eigenvalue weighted by atomic mass is 16.2. The Labute approximate surface area is 88.0 Å². The van der Waals surface area contributed by atoms with Gasteiger partial charge in [-0.1, -0.05) is 30.3 Å². The fourth-order valence-corrected chi connectivity index (χ4v) is 1.78.